The summed E-state index contributed by atoms with van der Waals surface area (Å²) in [6, 6.07) is 16.1. The summed E-state index contributed by atoms with van der Waals surface area (Å²) >= 11 is 0. The van der Waals surface area contributed by atoms with Gasteiger partial charge in [0.1, 0.15) is 36.0 Å². The SMILES string of the molecule is C[S+](CCOC(=O)N[C@@H](Cc1ccc(OC(C)(C)C)cc1)C(=O)O)c1ccccc1. The summed E-state index contributed by atoms with van der Waals surface area (Å²) in [6.45, 7) is 6.10. The fourth-order valence-corrected chi connectivity index (χ4v) is 3.89. The van der Waals surface area contributed by atoms with Gasteiger partial charge in [0.15, 0.2) is 4.90 Å². The number of ether oxygens (including phenoxy) is 2. The average Bonchev–Trinajstić information content (AvgIpc) is 2.68. The van der Waals surface area contributed by atoms with Crippen LogP contribution >= 0.6 is 0 Å². The van der Waals surface area contributed by atoms with E-state index in [1.165, 1.54) is 4.90 Å². The molecule has 1 unspecified atom stereocenters. The zero-order chi connectivity index (χ0) is 22.1. The minimum Gasteiger partial charge on any atom is -0.488 e. The van der Waals surface area contributed by atoms with E-state index in [2.05, 4.69) is 11.6 Å². The first-order valence-corrected chi connectivity index (χ1v) is 11.6. The predicted octanol–water partition coefficient (Wildman–Crippen LogP) is 3.89. The second kappa shape index (κ2) is 10.9. The number of carbonyl (C=O) groups excluding carboxylic acids is 1. The Labute approximate surface area is 180 Å². The highest BCUT2D eigenvalue weighted by Gasteiger charge is 2.22. The molecule has 7 heteroatoms. The summed E-state index contributed by atoms with van der Waals surface area (Å²) in [5.41, 5.74) is 0.470. The fourth-order valence-electron chi connectivity index (χ4n) is 2.70. The van der Waals surface area contributed by atoms with Crippen LogP contribution in [-0.4, -0.2) is 47.4 Å². The molecule has 6 nitrogen and oxygen atoms in total. The number of alkyl carbamates (subject to hydrolysis) is 1. The second-order valence-corrected chi connectivity index (χ2v) is 10.0. The van der Waals surface area contributed by atoms with E-state index in [4.69, 9.17) is 9.47 Å². The Morgan fingerprint density at radius 1 is 1.07 bits per heavy atom. The normalized spacial score (nSPS) is 13.2. The van der Waals surface area contributed by atoms with Crippen LogP contribution in [0.3, 0.4) is 0 Å². The lowest BCUT2D eigenvalue weighted by Crippen LogP contribution is -2.42. The number of rotatable bonds is 9. The maximum Gasteiger partial charge on any atom is 0.408 e. The number of nitrogens with one attached hydrogen (secondary N) is 1. The standard InChI is InChI=1S/C23H29NO5S/c1-23(2,3)29-18-12-10-17(11-13-18)16-20(21(25)26)24-22(27)28-14-15-30(4)19-8-6-5-7-9-19/h5-13,20H,14-16H2,1-4H3,(H-,24,25,26,27)/p+1/t20-,30?/m0/s1. The predicted molar refractivity (Wildman–Crippen MR) is 119 cm³/mol. The number of carbonyl (C=O) groups is 2. The molecule has 2 rings (SSSR count). The lowest BCUT2D eigenvalue weighted by molar-refractivity contribution is -0.139. The Bertz CT molecular complexity index is 818. The van der Waals surface area contributed by atoms with Crippen molar-refractivity contribution in [1.29, 1.82) is 0 Å². The molecule has 0 heterocycles. The smallest absolute Gasteiger partial charge is 0.408 e. The summed E-state index contributed by atoms with van der Waals surface area (Å²) in [5, 5.41) is 11.9. The number of aliphatic carboxylic acids is 1. The lowest BCUT2D eigenvalue weighted by Gasteiger charge is -2.21. The average molecular weight is 433 g/mol. The number of carboxylic acid groups (broad SMARTS) is 1. The molecule has 0 aliphatic rings. The van der Waals surface area contributed by atoms with E-state index >= 15 is 0 Å². The van der Waals surface area contributed by atoms with Crippen LogP contribution in [0.5, 0.6) is 5.75 Å². The summed E-state index contributed by atoms with van der Waals surface area (Å²) in [5.74, 6) is 0.282. The van der Waals surface area contributed by atoms with Gasteiger partial charge >= 0.3 is 12.1 Å². The van der Waals surface area contributed by atoms with Crippen LogP contribution in [0.15, 0.2) is 59.5 Å². The maximum atomic E-state index is 12.1. The molecule has 162 valence electrons. The minimum absolute atomic E-state index is 0.0458. The van der Waals surface area contributed by atoms with Crippen molar-refractivity contribution in [3.63, 3.8) is 0 Å². The van der Waals surface area contributed by atoms with E-state index in [1.54, 1.807) is 24.3 Å². The first-order valence-electron chi connectivity index (χ1n) is 9.76. The molecule has 0 aromatic heterocycles. The Morgan fingerprint density at radius 3 is 2.27 bits per heavy atom. The molecule has 2 aromatic carbocycles. The van der Waals surface area contributed by atoms with Crippen LogP contribution in [0.2, 0.25) is 0 Å². The summed E-state index contributed by atoms with van der Waals surface area (Å²) in [4.78, 5) is 24.8. The van der Waals surface area contributed by atoms with E-state index in [9.17, 15) is 14.7 Å². The van der Waals surface area contributed by atoms with Crippen LogP contribution in [-0.2, 0) is 26.8 Å². The third-order valence-electron chi connectivity index (χ3n) is 4.15. The molecule has 30 heavy (non-hydrogen) atoms. The van der Waals surface area contributed by atoms with Gasteiger partial charge in [0.25, 0.3) is 0 Å². The topological polar surface area (TPSA) is 84.9 Å². The molecular formula is C23H30NO5S+. The molecule has 0 saturated carbocycles. The van der Waals surface area contributed by atoms with E-state index in [0.717, 1.165) is 5.56 Å². The molecule has 0 radical (unpaired) electrons. The number of amides is 1. The van der Waals surface area contributed by atoms with Crippen molar-refractivity contribution in [3.05, 3.63) is 60.2 Å². The van der Waals surface area contributed by atoms with Crippen LogP contribution < -0.4 is 10.1 Å². The van der Waals surface area contributed by atoms with Crippen molar-refractivity contribution in [2.45, 2.75) is 43.7 Å². The number of benzene rings is 2. The van der Waals surface area contributed by atoms with Gasteiger partial charge in [0.05, 0.1) is 0 Å². The minimum atomic E-state index is -1.11. The van der Waals surface area contributed by atoms with Crippen molar-refractivity contribution in [2.75, 3.05) is 18.6 Å². The maximum absolute atomic E-state index is 12.1. The van der Waals surface area contributed by atoms with Crippen LogP contribution in [0, 0.1) is 0 Å². The molecule has 2 atom stereocenters. The molecule has 2 N–H and O–H groups in total. The molecular weight excluding hydrogens is 402 g/mol. The summed E-state index contributed by atoms with van der Waals surface area (Å²) in [6.07, 6.45) is 1.52. The van der Waals surface area contributed by atoms with Gasteiger partial charge in [-0.05, 0) is 50.6 Å². The second-order valence-electron chi connectivity index (χ2n) is 7.89. The van der Waals surface area contributed by atoms with Crippen LogP contribution in [0.4, 0.5) is 4.79 Å². The molecule has 0 fully saturated rings. The van der Waals surface area contributed by atoms with Crippen LogP contribution in [0.1, 0.15) is 26.3 Å². The van der Waals surface area contributed by atoms with Crippen molar-refractivity contribution in [3.8, 4) is 5.75 Å². The first-order chi connectivity index (χ1) is 14.1. The monoisotopic (exact) mass is 432 g/mol. The number of hydrogen-bond acceptors (Lipinski definition) is 4. The van der Waals surface area contributed by atoms with Gasteiger partial charge in [0, 0.05) is 17.3 Å². The quantitative estimate of drug-likeness (QED) is 0.587. The van der Waals surface area contributed by atoms with Crippen molar-refractivity contribution >= 4 is 23.0 Å². The Balaban J connectivity index is 1.83. The highest BCUT2D eigenvalue weighted by Crippen LogP contribution is 2.19. The molecule has 0 spiro atoms. The first kappa shape index (κ1) is 23.6. The Kier molecular flexibility index (Phi) is 8.59. The Morgan fingerprint density at radius 2 is 1.70 bits per heavy atom. The van der Waals surface area contributed by atoms with E-state index in [-0.39, 0.29) is 29.5 Å². The Hall–Kier alpha value is -2.67. The third kappa shape index (κ3) is 8.37. The molecule has 0 aliphatic heterocycles. The highest BCUT2D eigenvalue weighted by atomic mass is 32.2. The van der Waals surface area contributed by atoms with Crippen molar-refractivity contribution in [2.24, 2.45) is 0 Å². The van der Waals surface area contributed by atoms with Gasteiger partial charge in [-0.1, -0.05) is 30.3 Å². The largest absolute Gasteiger partial charge is 0.488 e. The molecule has 0 bridgehead atoms. The summed E-state index contributed by atoms with van der Waals surface area (Å²) < 4.78 is 11.0. The van der Waals surface area contributed by atoms with Gasteiger partial charge in [-0.2, -0.15) is 0 Å². The van der Waals surface area contributed by atoms with E-state index in [1.807, 2.05) is 51.1 Å². The fraction of sp³-hybridized carbons (Fsp3) is 0.391. The molecule has 0 saturated heterocycles. The lowest BCUT2D eigenvalue weighted by atomic mass is 10.1. The zero-order valence-electron chi connectivity index (χ0n) is 17.9. The third-order valence-corrected chi connectivity index (χ3v) is 6.00. The van der Waals surface area contributed by atoms with Gasteiger partial charge in [0.2, 0.25) is 0 Å². The van der Waals surface area contributed by atoms with Gasteiger partial charge in [-0.25, -0.2) is 9.59 Å². The molecule has 1 amide bonds. The van der Waals surface area contributed by atoms with Gasteiger partial charge < -0.3 is 19.9 Å². The molecule has 2 aromatic rings. The zero-order valence-corrected chi connectivity index (χ0v) is 18.7. The molecule has 0 aliphatic carbocycles. The summed E-state index contributed by atoms with van der Waals surface area (Å²) in [7, 11) is -0.0458. The van der Waals surface area contributed by atoms with Gasteiger partial charge in [-0.15, -0.1) is 0 Å². The van der Waals surface area contributed by atoms with Crippen molar-refractivity contribution < 1.29 is 24.2 Å². The highest BCUT2D eigenvalue weighted by molar-refractivity contribution is 7.96. The van der Waals surface area contributed by atoms with Gasteiger partial charge in [-0.3, -0.25) is 0 Å². The number of carboxylic acids is 1. The number of hydrogen-bond donors (Lipinski definition) is 2. The van der Waals surface area contributed by atoms with E-state index < -0.39 is 18.1 Å². The van der Waals surface area contributed by atoms with Crippen LogP contribution in [0.25, 0.3) is 0 Å². The van der Waals surface area contributed by atoms with E-state index in [0.29, 0.717) is 11.5 Å². The van der Waals surface area contributed by atoms with Crippen molar-refractivity contribution in [1.82, 2.24) is 5.32 Å².